The maximum Gasteiger partial charge on any atom is 0.472 e. The molecule has 5 atom stereocenters. The van der Waals surface area contributed by atoms with E-state index in [0.717, 1.165) is 103 Å². The number of unbranched alkanes of at least 4 members (excludes halogenated alkanes) is 35. The van der Waals surface area contributed by atoms with Crippen LogP contribution in [0.5, 0.6) is 0 Å². The first-order chi connectivity index (χ1) is 38.2. The number of esters is 4. The number of aliphatic hydroxyl groups excluding tert-OH is 1. The molecule has 17 nitrogen and oxygen atoms in total. The standard InChI is InChI=1S/C60H116O17P2/c1-5-9-13-17-21-24-27-28-31-35-39-43-47-60(65)77-56(51-71-58(63)45-41-37-33-29-25-22-18-14-10-6-2)53-75-79(68,69)73-49-54(61)48-72-78(66,67)74-52-55(50-70-57(62)44-40-36-32-20-16-12-8-4)76-59(64)46-42-38-34-30-26-23-19-15-11-7-3/h54-56,61H,5-53H2,1-4H3,(H,66,67)(H,68,69)/t54-,55+,56+/m0/s1. The molecule has 0 aromatic heterocycles. The maximum absolute atomic E-state index is 12.9. The van der Waals surface area contributed by atoms with Crippen LogP contribution >= 0.6 is 15.6 Å². The molecule has 2 unspecified atom stereocenters. The molecule has 0 aliphatic heterocycles. The van der Waals surface area contributed by atoms with Crippen molar-refractivity contribution in [2.75, 3.05) is 39.6 Å². The Hall–Kier alpha value is -1.94. The van der Waals surface area contributed by atoms with Crippen molar-refractivity contribution in [1.82, 2.24) is 0 Å². The van der Waals surface area contributed by atoms with Gasteiger partial charge in [0.15, 0.2) is 12.2 Å². The van der Waals surface area contributed by atoms with Crippen molar-refractivity contribution in [3.05, 3.63) is 0 Å². The Labute approximate surface area is 479 Å². The summed E-state index contributed by atoms with van der Waals surface area (Å²) in [6.07, 6.45) is 38.9. The Kier molecular flexibility index (Phi) is 53.9. The van der Waals surface area contributed by atoms with Gasteiger partial charge < -0.3 is 33.8 Å². The summed E-state index contributed by atoms with van der Waals surface area (Å²) in [6, 6.07) is 0. The third-order valence-corrected chi connectivity index (χ3v) is 15.8. The predicted molar refractivity (Wildman–Crippen MR) is 312 cm³/mol. The van der Waals surface area contributed by atoms with Gasteiger partial charge in [0.25, 0.3) is 0 Å². The highest BCUT2D eigenvalue weighted by Crippen LogP contribution is 2.45. The van der Waals surface area contributed by atoms with E-state index in [9.17, 15) is 43.2 Å². The van der Waals surface area contributed by atoms with Gasteiger partial charge in [-0.2, -0.15) is 0 Å². The molecule has 0 aliphatic carbocycles. The average molecular weight is 1170 g/mol. The van der Waals surface area contributed by atoms with E-state index in [0.29, 0.717) is 25.7 Å². The van der Waals surface area contributed by atoms with Crippen LogP contribution in [0.4, 0.5) is 0 Å². The zero-order chi connectivity index (χ0) is 58.3. The van der Waals surface area contributed by atoms with Crippen LogP contribution in [0.2, 0.25) is 0 Å². The van der Waals surface area contributed by atoms with Crippen molar-refractivity contribution < 1.29 is 80.2 Å². The van der Waals surface area contributed by atoms with Gasteiger partial charge in [-0.15, -0.1) is 0 Å². The first-order valence-corrected chi connectivity index (χ1v) is 34.8. The first-order valence-electron chi connectivity index (χ1n) is 31.8. The van der Waals surface area contributed by atoms with Crippen LogP contribution in [-0.4, -0.2) is 96.7 Å². The van der Waals surface area contributed by atoms with E-state index >= 15 is 0 Å². The van der Waals surface area contributed by atoms with Crippen LogP contribution in [-0.2, 0) is 65.4 Å². The van der Waals surface area contributed by atoms with Crippen molar-refractivity contribution in [2.24, 2.45) is 0 Å². The smallest absolute Gasteiger partial charge is 0.462 e. The number of aliphatic hydroxyl groups is 1. The molecule has 0 aromatic rings. The van der Waals surface area contributed by atoms with Gasteiger partial charge in [0, 0.05) is 25.7 Å². The fourth-order valence-electron chi connectivity index (χ4n) is 8.93. The molecule has 0 aliphatic rings. The Bertz CT molecular complexity index is 1540. The second-order valence-corrected chi connectivity index (χ2v) is 24.6. The number of carbonyl (C=O) groups is 4. The van der Waals surface area contributed by atoms with Crippen molar-refractivity contribution >= 4 is 39.5 Å². The zero-order valence-electron chi connectivity index (χ0n) is 50.3. The Morgan fingerprint density at radius 1 is 0.304 bits per heavy atom. The summed E-state index contributed by atoms with van der Waals surface area (Å²) < 4.78 is 67.7. The number of hydrogen-bond acceptors (Lipinski definition) is 15. The fourth-order valence-corrected chi connectivity index (χ4v) is 10.5. The van der Waals surface area contributed by atoms with E-state index in [2.05, 4.69) is 27.7 Å². The van der Waals surface area contributed by atoms with E-state index < -0.39 is 97.5 Å². The van der Waals surface area contributed by atoms with Crippen LogP contribution in [0.3, 0.4) is 0 Å². The van der Waals surface area contributed by atoms with E-state index in [1.54, 1.807) is 0 Å². The minimum atomic E-state index is -4.94. The fraction of sp³-hybridized carbons (Fsp3) is 0.933. The highest BCUT2D eigenvalue weighted by atomic mass is 31.2. The lowest BCUT2D eigenvalue weighted by Gasteiger charge is -2.21. The highest BCUT2D eigenvalue weighted by molar-refractivity contribution is 7.47. The van der Waals surface area contributed by atoms with Crippen LogP contribution in [0, 0.1) is 0 Å². The summed E-state index contributed by atoms with van der Waals surface area (Å²) in [4.78, 5) is 71.9. The molecular weight excluding hydrogens is 1050 g/mol. The van der Waals surface area contributed by atoms with Crippen molar-refractivity contribution in [2.45, 2.75) is 322 Å². The SMILES string of the molecule is CCCCCCCCCCCCCCC(=O)O[C@H](COC(=O)CCCCCCCCCCCC)COP(=O)(O)OC[C@@H](O)COP(=O)(O)OC[C@@H](COC(=O)CCCCCCCCC)OC(=O)CCCCCCCCCCCC. The van der Waals surface area contributed by atoms with Gasteiger partial charge in [0.05, 0.1) is 26.4 Å². The van der Waals surface area contributed by atoms with Gasteiger partial charge >= 0.3 is 39.5 Å². The minimum absolute atomic E-state index is 0.106. The predicted octanol–water partition coefficient (Wildman–Crippen LogP) is 16.4. The van der Waals surface area contributed by atoms with Gasteiger partial charge in [-0.1, -0.05) is 252 Å². The van der Waals surface area contributed by atoms with Crippen LogP contribution in [0.25, 0.3) is 0 Å². The van der Waals surface area contributed by atoms with Gasteiger partial charge in [0.1, 0.15) is 19.3 Å². The first kappa shape index (κ1) is 77.1. The third-order valence-electron chi connectivity index (χ3n) is 13.9. The summed E-state index contributed by atoms with van der Waals surface area (Å²) in [6.45, 7) is 4.81. The lowest BCUT2D eigenvalue weighted by Crippen LogP contribution is -2.30. The molecule has 0 rings (SSSR count). The Morgan fingerprint density at radius 2 is 0.506 bits per heavy atom. The molecule has 0 amide bonds. The minimum Gasteiger partial charge on any atom is -0.462 e. The van der Waals surface area contributed by atoms with Crippen molar-refractivity contribution in [3.63, 3.8) is 0 Å². The van der Waals surface area contributed by atoms with Crippen LogP contribution in [0.1, 0.15) is 304 Å². The summed E-state index contributed by atoms with van der Waals surface area (Å²) in [5.41, 5.74) is 0. The lowest BCUT2D eigenvalue weighted by atomic mass is 10.0. The molecule has 0 radical (unpaired) electrons. The molecule has 0 bridgehead atoms. The molecule has 0 heterocycles. The number of phosphoric acid groups is 2. The zero-order valence-corrected chi connectivity index (χ0v) is 52.1. The third kappa shape index (κ3) is 55.0. The van der Waals surface area contributed by atoms with E-state index in [1.807, 2.05) is 0 Å². The number of carbonyl (C=O) groups excluding carboxylic acids is 4. The molecular formula is C60H116O17P2. The summed E-state index contributed by atoms with van der Waals surface area (Å²) in [5, 5.41) is 10.5. The number of phosphoric ester groups is 2. The lowest BCUT2D eigenvalue weighted by molar-refractivity contribution is -0.161. The average Bonchev–Trinajstić information content (AvgIpc) is 3.42. The molecule has 3 N–H and O–H groups in total. The summed E-state index contributed by atoms with van der Waals surface area (Å²) in [7, 11) is -9.87. The normalized spacial score (nSPS) is 14.3. The molecule has 468 valence electrons. The monoisotopic (exact) mass is 1170 g/mol. The topological polar surface area (TPSA) is 237 Å². The molecule has 79 heavy (non-hydrogen) atoms. The van der Waals surface area contributed by atoms with E-state index in [1.165, 1.54) is 122 Å². The van der Waals surface area contributed by atoms with Gasteiger partial charge in [0.2, 0.25) is 0 Å². The second-order valence-electron chi connectivity index (χ2n) is 21.7. The highest BCUT2D eigenvalue weighted by Gasteiger charge is 2.30. The quantitative estimate of drug-likeness (QED) is 0.0222. The number of rotatable bonds is 61. The van der Waals surface area contributed by atoms with Crippen molar-refractivity contribution in [3.8, 4) is 0 Å². The van der Waals surface area contributed by atoms with Crippen LogP contribution < -0.4 is 0 Å². The number of ether oxygens (including phenoxy) is 4. The van der Waals surface area contributed by atoms with Gasteiger partial charge in [-0.25, -0.2) is 9.13 Å². The van der Waals surface area contributed by atoms with Gasteiger partial charge in [-0.3, -0.25) is 37.3 Å². The van der Waals surface area contributed by atoms with Gasteiger partial charge in [-0.05, 0) is 25.7 Å². The Morgan fingerprint density at radius 3 is 0.747 bits per heavy atom. The maximum atomic E-state index is 12.9. The Balaban J connectivity index is 5.21. The molecule has 0 spiro atoms. The number of hydrogen-bond donors (Lipinski definition) is 3. The molecule has 0 aromatic carbocycles. The van der Waals surface area contributed by atoms with Crippen LogP contribution in [0.15, 0.2) is 0 Å². The largest absolute Gasteiger partial charge is 0.472 e. The summed E-state index contributed by atoms with van der Waals surface area (Å²) >= 11 is 0. The summed E-state index contributed by atoms with van der Waals surface area (Å²) in [5.74, 6) is -2.14. The van der Waals surface area contributed by atoms with E-state index in [4.69, 9.17) is 37.0 Å². The second kappa shape index (κ2) is 55.3. The van der Waals surface area contributed by atoms with Crippen molar-refractivity contribution in [1.29, 1.82) is 0 Å². The molecule has 0 fully saturated rings. The van der Waals surface area contributed by atoms with E-state index in [-0.39, 0.29) is 25.7 Å². The molecule has 0 saturated carbocycles. The molecule has 19 heteroatoms. The molecule has 0 saturated heterocycles.